The van der Waals surface area contributed by atoms with Gasteiger partial charge in [0.05, 0.1) is 21.6 Å². The summed E-state index contributed by atoms with van der Waals surface area (Å²) in [5.74, 6) is -0.935. The van der Waals surface area contributed by atoms with Crippen molar-refractivity contribution in [3.05, 3.63) is 70.2 Å². The highest BCUT2D eigenvalue weighted by Crippen LogP contribution is 2.36. The largest absolute Gasteiger partial charge is 0.366 e. The molecule has 0 unspecified atom stereocenters. The van der Waals surface area contributed by atoms with Crippen LogP contribution in [0.25, 0.3) is 21.0 Å². The van der Waals surface area contributed by atoms with Gasteiger partial charge in [-0.3, -0.25) is 9.59 Å². The summed E-state index contributed by atoms with van der Waals surface area (Å²) in [5, 5.41) is 4.76. The van der Waals surface area contributed by atoms with Crippen LogP contribution in [0.4, 0.5) is 5.69 Å². The van der Waals surface area contributed by atoms with Gasteiger partial charge in [0.1, 0.15) is 5.15 Å². The summed E-state index contributed by atoms with van der Waals surface area (Å²) in [7, 11) is 0. The molecule has 128 valence electrons. The Morgan fingerprint density at radius 3 is 2.58 bits per heavy atom. The van der Waals surface area contributed by atoms with E-state index >= 15 is 0 Å². The molecule has 0 fully saturated rings. The van der Waals surface area contributed by atoms with Crippen LogP contribution in [0, 0.1) is 0 Å². The normalized spacial score (nSPS) is 11.0. The molecule has 4 rings (SSSR count). The Bertz CT molecular complexity index is 1190. The van der Waals surface area contributed by atoms with Crippen LogP contribution >= 0.6 is 22.9 Å². The highest BCUT2D eigenvalue weighted by atomic mass is 35.5. The number of nitrogens with two attached hydrogens (primary N) is 1. The molecule has 2 heterocycles. The molecule has 4 aromatic rings. The minimum absolute atomic E-state index is 0.257. The topological polar surface area (TPSA) is 85.1 Å². The van der Waals surface area contributed by atoms with Gasteiger partial charge in [-0.15, -0.1) is 11.3 Å². The van der Waals surface area contributed by atoms with E-state index in [1.165, 1.54) is 11.3 Å². The Balaban J connectivity index is 1.78. The summed E-state index contributed by atoms with van der Waals surface area (Å²) in [6, 6.07) is 16.0. The van der Waals surface area contributed by atoms with Crippen molar-refractivity contribution in [2.24, 2.45) is 5.73 Å². The Morgan fingerprint density at radius 1 is 1.04 bits per heavy atom. The average Bonchev–Trinajstić information content (AvgIpc) is 3.08. The van der Waals surface area contributed by atoms with Gasteiger partial charge in [-0.2, -0.15) is 0 Å². The fraction of sp³-hybridized carbons (Fsp3) is 0. The van der Waals surface area contributed by atoms with E-state index in [1.807, 2.05) is 24.3 Å². The number of pyridine rings is 1. The van der Waals surface area contributed by atoms with E-state index in [0.29, 0.717) is 15.7 Å². The second-order valence-corrected chi connectivity index (χ2v) is 7.05. The third-order valence-corrected chi connectivity index (χ3v) is 5.44. The zero-order valence-corrected chi connectivity index (χ0v) is 14.9. The lowest BCUT2D eigenvalue weighted by Gasteiger charge is -2.07. The van der Waals surface area contributed by atoms with Gasteiger partial charge >= 0.3 is 0 Å². The predicted octanol–water partition coefficient (Wildman–Crippen LogP) is 4.45. The number of halogens is 1. The average molecular weight is 382 g/mol. The number of rotatable bonds is 3. The summed E-state index contributed by atoms with van der Waals surface area (Å²) in [6.45, 7) is 0. The number of hydrogen-bond donors (Lipinski definition) is 2. The zero-order valence-electron chi connectivity index (χ0n) is 13.3. The number of nitrogens with one attached hydrogen (secondary N) is 1. The fourth-order valence-corrected chi connectivity index (χ4v) is 4.16. The molecule has 5 nitrogen and oxygen atoms in total. The highest BCUT2D eigenvalue weighted by Gasteiger charge is 2.17. The van der Waals surface area contributed by atoms with E-state index in [0.717, 1.165) is 21.0 Å². The molecule has 0 radical (unpaired) electrons. The minimum atomic E-state index is -0.601. The van der Waals surface area contributed by atoms with Crippen LogP contribution in [-0.2, 0) is 0 Å². The molecule has 0 saturated carbocycles. The molecule has 0 spiro atoms. The summed E-state index contributed by atoms with van der Waals surface area (Å²) < 4.78 is 0.897. The standard InChI is InChI=1S/C19H12ClN3O2S/c20-17-12-9-15(26-16(12)10-5-1-3-7-13(10)22-17)19(25)23-14-8-4-2-6-11(14)18(21)24/h1-9H,(H2,21,24)(H,23,25). The lowest BCUT2D eigenvalue weighted by Crippen LogP contribution is -2.17. The van der Waals surface area contributed by atoms with E-state index in [2.05, 4.69) is 10.3 Å². The Hall–Kier alpha value is -2.96. The molecule has 0 aliphatic carbocycles. The van der Waals surface area contributed by atoms with Crippen LogP contribution in [0.1, 0.15) is 20.0 Å². The lowest BCUT2D eigenvalue weighted by atomic mass is 10.1. The van der Waals surface area contributed by atoms with Crippen molar-refractivity contribution in [2.45, 2.75) is 0 Å². The number of carbonyl (C=O) groups is 2. The van der Waals surface area contributed by atoms with Crippen LogP contribution in [0.3, 0.4) is 0 Å². The summed E-state index contributed by atoms with van der Waals surface area (Å²) >= 11 is 7.61. The number of benzene rings is 2. The van der Waals surface area contributed by atoms with Crippen LogP contribution < -0.4 is 11.1 Å². The Kier molecular flexibility index (Phi) is 4.06. The molecule has 0 aliphatic heterocycles. The summed E-state index contributed by atoms with van der Waals surface area (Å²) in [5.41, 5.74) is 6.76. The van der Waals surface area contributed by atoms with Crippen molar-refractivity contribution in [3.63, 3.8) is 0 Å². The van der Waals surface area contributed by atoms with Gasteiger partial charge in [0, 0.05) is 15.5 Å². The van der Waals surface area contributed by atoms with Gasteiger partial charge in [0.15, 0.2) is 0 Å². The predicted molar refractivity (Wildman–Crippen MR) is 105 cm³/mol. The fourth-order valence-electron chi connectivity index (χ4n) is 2.78. The van der Waals surface area contributed by atoms with Crippen molar-refractivity contribution in [2.75, 3.05) is 5.32 Å². The number of hydrogen-bond acceptors (Lipinski definition) is 4. The smallest absolute Gasteiger partial charge is 0.265 e. The second kappa shape index (κ2) is 6.40. The first kappa shape index (κ1) is 16.5. The van der Waals surface area contributed by atoms with E-state index in [9.17, 15) is 9.59 Å². The number of amides is 2. The molecule has 2 aromatic carbocycles. The first-order valence-electron chi connectivity index (χ1n) is 7.72. The maximum absolute atomic E-state index is 12.7. The minimum Gasteiger partial charge on any atom is -0.366 e. The summed E-state index contributed by atoms with van der Waals surface area (Å²) in [4.78, 5) is 29.1. The maximum atomic E-state index is 12.7. The molecule has 7 heteroatoms. The second-order valence-electron chi connectivity index (χ2n) is 5.64. The van der Waals surface area contributed by atoms with Gasteiger partial charge in [-0.25, -0.2) is 4.98 Å². The van der Waals surface area contributed by atoms with Crippen LogP contribution in [0.5, 0.6) is 0 Å². The molecule has 0 saturated heterocycles. The van der Waals surface area contributed by atoms with Gasteiger partial charge in [0.2, 0.25) is 0 Å². The molecular weight excluding hydrogens is 370 g/mol. The molecule has 0 bridgehead atoms. The van der Waals surface area contributed by atoms with Crippen molar-refractivity contribution in [1.29, 1.82) is 0 Å². The molecule has 0 aliphatic rings. The number of para-hydroxylation sites is 2. The monoisotopic (exact) mass is 381 g/mol. The number of anilines is 1. The molecule has 3 N–H and O–H groups in total. The van der Waals surface area contributed by atoms with E-state index in [1.54, 1.807) is 30.3 Å². The highest BCUT2D eigenvalue weighted by molar-refractivity contribution is 7.22. The van der Waals surface area contributed by atoms with E-state index < -0.39 is 5.91 Å². The third-order valence-electron chi connectivity index (χ3n) is 3.99. The van der Waals surface area contributed by atoms with Crippen LogP contribution in [0.2, 0.25) is 5.15 Å². The SMILES string of the molecule is NC(=O)c1ccccc1NC(=O)c1cc2c(Cl)nc3ccccc3c2s1. The van der Waals surface area contributed by atoms with E-state index in [4.69, 9.17) is 17.3 Å². The number of aromatic nitrogens is 1. The van der Waals surface area contributed by atoms with Gasteiger partial charge in [-0.1, -0.05) is 41.9 Å². The molecule has 0 atom stereocenters. The van der Waals surface area contributed by atoms with Gasteiger partial charge < -0.3 is 11.1 Å². The van der Waals surface area contributed by atoms with E-state index in [-0.39, 0.29) is 11.5 Å². The van der Waals surface area contributed by atoms with Gasteiger partial charge in [0.25, 0.3) is 11.8 Å². The zero-order chi connectivity index (χ0) is 18.3. The number of thiophene rings is 1. The third kappa shape index (κ3) is 2.79. The maximum Gasteiger partial charge on any atom is 0.265 e. The first-order valence-corrected chi connectivity index (χ1v) is 8.92. The van der Waals surface area contributed by atoms with Crippen LogP contribution in [-0.4, -0.2) is 16.8 Å². The Labute approximate surface area is 157 Å². The number of nitrogens with zero attached hydrogens (tertiary/aromatic N) is 1. The number of carbonyl (C=O) groups excluding carboxylic acids is 2. The van der Waals surface area contributed by atoms with Gasteiger partial charge in [-0.05, 0) is 24.3 Å². The van der Waals surface area contributed by atoms with Crippen molar-refractivity contribution in [1.82, 2.24) is 4.98 Å². The molecular formula is C19H12ClN3O2S. The molecule has 26 heavy (non-hydrogen) atoms. The molecule has 2 amide bonds. The van der Waals surface area contributed by atoms with Crippen LogP contribution in [0.15, 0.2) is 54.6 Å². The van der Waals surface area contributed by atoms with Crippen molar-refractivity contribution in [3.8, 4) is 0 Å². The molecule has 2 aromatic heterocycles. The lowest BCUT2D eigenvalue weighted by molar-refractivity contribution is 0.100. The Morgan fingerprint density at radius 2 is 1.77 bits per heavy atom. The van der Waals surface area contributed by atoms with Crippen molar-refractivity contribution < 1.29 is 9.59 Å². The first-order chi connectivity index (χ1) is 12.5. The van der Waals surface area contributed by atoms with Crippen molar-refractivity contribution >= 4 is 61.4 Å². The summed E-state index contributed by atoms with van der Waals surface area (Å²) in [6.07, 6.45) is 0. The number of fused-ring (bicyclic) bond motifs is 3. The number of primary amides is 1. The quantitative estimate of drug-likeness (QED) is 0.514.